The highest BCUT2D eigenvalue weighted by molar-refractivity contribution is 14.1. The van der Waals surface area contributed by atoms with Gasteiger partial charge in [0.2, 0.25) is 0 Å². The van der Waals surface area contributed by atoms with Gasteiger partial charge in [-0.15, -0.1) is 0 Å². The van der Waals surface area contributed by atoms with Crippen molar-refractivity contribution >= 4 is 44.7 Å². The molecule has 0 atom stereocenters. The minimum atomic E-state index is -3.07. The number of hydrogen-bond acceptors (Lipinski definition) is 3. The van der Waals surface area contributed by atoms with Crippen molar-refractivity contribution in [2.45, 2.75) is 25.9 Å². The van der Waals surface area contributed by atoms with Crippen LogP contribution in [0.25, 0.3) is 21.9 Å². The quantitative estimate of drug-likeness (QED) is 0.216. The van der Waals surface area contributed by atoms with E-state index >= 15 is 0 Å². The Morgan fingerprint density at radius 2 is 1.59 bits per heavy atom. The van der Waals surface area contributed by atoms with E-state index in [0.29, 0.717) is 18.0 Å². The van der Waals surface area contributed by atoms with E-state index in [1.54, 1.807) is 0 Å². The monoisotopic (exact) mass is 508 g/mol. The molecule has 0 amide bonds. The second-order valence-corrected chi connectivity index (χ2v) is 8.48. The van der Waals surface area contributed by atoms with Crippen LogP contribution in [0.5, 0.6) is 5.75 Å². The molecule has 0 saturated heterocycles. The summed E-state index contributed by atoms with van der Waals surface area (Å²) in [5.41, 5.74) is 3.12. The lowest BCUT2D eigenvalue weighted by Gasteiger charge is -2.26. The summed E-state index contributed by atoms with van der Waals surface area (Å²) in [4.78, 5) is 2.06. The lowest BCUT2D eigenvalue weighted by Crippen LogP contribution is -2.46. The molecular formula is C23H23F2IN2O. The van der Waals surface area contributed by atoms with E-state index in [2.05, 4.69) is 29.5 Å². The van der Waals surface area contributed by atoms with Gasteiger partial charge in [-0.1, -0.05) is 43.7 Å². The number of unbranched alkanes of at least 4 members (excludes halogenated alkanes) is 1. The first-order valence-corrected chi connectivity index (χ1v) is 10.8. The predicted molar refractivity (Wildman–Crippen MR) is 124 cm³/mol. The Kier molecular flexibility index (Phi) is 5.31. The van der Waals surface area contributed by atoms with Crippen LogP contribution in [0.4, 0.5) is 20.2 Å². The van der Waals surface area contributed by atoms with Crippen LogP contribution in [0.15, 0.2) is 48.5 Å². The Balaban J connectivity index is 2.00. The molecular weight excluding hydrogens is 485 g/mol. The standard InChI is InChI=1S/C23H23F2IN2O/c1-4-5-11-29-21-14-18(26)22(15-9-7-6-8-10-15)17-13-20-19(12-16(17)21)27(2)23(24,25)28(20)3/h6-10,12-14H,4-5,11H2,1-3H3. The topological polar surface area (TPSA) is 15.7 Å². The van der Waals surface area contributed by atoms with Gasteiger partial charge in [0.05, 0.1) is 18.0 Å². The molecule has 0 spiro atoms. The molecule has 0 aromatic heterocycles. The Morgan fingerprint density at radius 1 is 0.966 bits per heavy atom. The molecule has 3 aromatic carbocycles. The summed E-state index contributed by atoms with van der Waals surface area (Å²) >= 11 is 2.31. The zero-order chi connectivity index (χ0) is 20.8. The third-order valence-electron chi connectivity index (χ3n) is 5.49. The molecule has 0 N–H and O–H groups in total. The third kappa shape index (κ3) is 3.31. The van der Waals surface area contributed by atoms with Gasteiger partial charge in [0.25, 0.3) is 0 Å². The molecule has 4 rings (SSSR count). The minimum absolute atomic E-state index is 0.505. The van der Waals surface area contributed by atoms with Crippen LogP contribution in [0, 0.1) is 3.57 Å². The Bertz CT molecular complexity index is 1060. The average molecular weight is 508 g/mol. The SMILES string of the molecule is CCCCOc1cc(I)c(-c2ccccc2)c2cc3c(cc12)N(C)C(F)(F)N3C. The van der Waals surface area contributed by atoms with Crippen LogP contribution in [0.3, 0.4) is 0 Å². The van der Waals surface area contributed by atoms with Gasteiger partial charge in [0.15, 0.2) is 0 Å². The number of alkyl halides is 2. The highest BCUT2D eigenvalue weighted by Crippen LogP contribution is 2.50. The largest absolute Gasteiger partial charge is 0.493 e. The number of nitrogens with zero attached hydrogens (tertiary/aromatic N) is 2. The van der Waals surface area contributed by atoms with Gasteiger partial charge in [-0.2, -0.15) is 8.78 Å². The zero-order valence-corrected chi connectivity index (χ0v) is 18.8. The summed E-state index contributed by atoms with van der Waals surface area (Å²) in [5.74, 6) is 0.742. The molecule has 0 saturated carbocycles. The van der Waals surface area contributed by atoms with E-state index < -0.39 is 6.17 Å². The van der Waals surface area contributed by atoms with Gasteiger partial charge < -0.3 is 4.74 Å². The van der Waals surface area contributed by atoms with Crippen LogP contribution in [0.2, 0.25) is 0 Å². The maximum absolute atomic E-state index is 14.6. The van der Waals surface area contributed by atoms with Crippen LogP contribution in [0.1, 0.15) is 19.8 Å². The highest BCUT2D eigenvalue weighted by Gasteiger charge is 2.48. The fraction of sp³-hybridized carbons (Fsp3) is 0.304. The van der Waals surface area contributed by atoms with E-state index in [4.69, 9.17) is 4.74 Å². The van der Waals surface area contributed by atoms with Crippen molar-refractivity contribution in [1.82, 2.24) is 0 Å². The number of anilines is 2. The van der Waals surface area contributed by atoms with Crippen molar-refractivity contribution in [2.75, 3.05) is 30.5 Å². The van der Waals surface area contributed by atoms with Crippen LogP contribution < -0.4 is 14.5 Å². The molecule has 1 aliphatic heterocycles. The molecule has 6 heteroatoms. The van der Waals surface area contributed by atoms with Gasteiger partial charge in [-0.25, -0.2) is 0 Å². The molecule has 3 nitrogen and oxygen atoms in total. The lowest BCUT2D eigenvalue weighted by atomic mass is 9.96. The fourth-order valence-electron chi connectivity index (χ4n) is 3.78. The van der Waals surface area contributed by atoms with E-state index in [0.717, 1.165) is 53.9 Å². The van der Waals surface area contributed by atoms with E-state index in [-0.39, 0.29) is 0 Å². The predicted octanol–water partition coefficient (Wildman–Crippen LogP) is 6.73. The van der Waals surface area contributed by atoms with Crippen LogP contribution in [-0.4, -0.2) is 26.9 Å². The molecule has 3 aromatic rings. The highest BCUT2D eigenvalue weighted by atomic mass is 127. The first-order chi connectivity index (χ1) is 13.9. The van der Waals surface area contributed by atoms with Gasteiger partial charge in [0, 0.05) is 28.6 Å². The van der Waals surface area contributed by atoms with Crippen molar-refractivity contribution in [3.63, 3.8) is 0 Å². The zero-order valence-electron chi connectivity index (χ0n) is 16.7. The number of hydrogen-bond donors (Lipinski definition) is 0. The molecule has 1 aliphatic rings. The second kappa shape index (κ2) is 7.63. The third-order valence-corrected chi connectivity index (χ3v) is 6.34. The summed E-state index contributed by atoms with van der Waals surface area (Å²) in [6.07, 6.45) is -1.08. The van der Waals surface area contributed by atoms with E-state index in [1.165, 1.54) is 14.1 Å². The summed E-state index contributed by atoms with van der Waals surface area (Å²) in [6.45, 7) is 2.72. The summed E-state index contributed by atoms with van der Waals surface area (Å²) in [7, 11) is 2.86. The number of fused-ring (bicyclic) bond motifs is 2. The summed E-state index contributed by atoms with van der Waals surface area (Å²) < 4.78 is 36.4. The van der Waals surface area contributed by atoms with Gasteiger partial charge in [0.1, 0.15) is 5.75 Å². The molecule has 0 fully saturated rings. The molecule has 0 aliphatic carbocycles. The Hall–Kier alpha value is -2.09. The van der Waals surface area contributed by atoms with Crippen LogP contribution >= 0.6 is 22.6 Å². The number of ether oxygens (including phenoxy) is 1. The normalized spacial score (nSPS) is 15.1. The number of rotatable bonds is 5. The molecule has 0 unspecified atom stereocenters. The van der Waals surface area contributed by atoms with Gasteiger partial charge >= 0.3 is 6.17 Å². The maximum Gasteiger partial charge on any atom is 0.413 e. The van der Waals surface area contributed by atoms with Crippen molar-refractivity contribution < 1.29 is 13.5 Å². The Labute approximate surface area is 183 Å². The first-order valence-electron chi connectivity index (χ1n) is 9.70. The average Bonchev–Trinajstić information content (AvgIpc) is 2.88. The lowest BCUT2D eigenvalue weighted by molar-refractivity contribution is 0.0122. The van der Waals surface area contributed by atoms with Crippen molar-refractivity contribution in [2.24, 2.45) is 0 Å². The first kappa shape index (κ1) is 20.2. The molecule has 0 bridgehead atoms. The molecule has 0 radical (unpaired) electrons. The van der Waals surface area contributed by atoms with Gasteiger partial charge in [-0.05, 0) is 58.2 Å². The van der Waals surface area contributed by atoms with E-state index in [1.807, 2.05) is 48.5 Å². The van der Waals surface area contributed by atoms with E-state index in [9.17, 15) is 8.78 Å². The number of halogens is 3. The minimum Gasteiger partial charge on any atom is -0.493 e. The Morgan fingerprint density at radius 3 is 2.21 bits per heavy atom. The van der Waals surface area contributed by atoms with Crippen LogP contribution in [-0.2, 0) is 0 Å². The molecule has 152 valence electrons. The van der Waals surface area contributed by atoms with Gasteiger partial charge in [-0.3, -0.25) is 9.80 Å². The maximum atomic E-state index is 14.6. The van der Waals surface area contributed by atoms with Crippen molar-refractivity contribution in [3.05, 3.63) is 52.1 Å². The molecule has 29 heavy (non-hydrogen) atoms. The van der Waals surface area contributed by atoms with Crippen molar-refractivity contribution in [3.8, 4) is 16.9 Å². The second-order valence-electron chi connectivity index (χ2n) is 7.31. The number of benzene rings is 3. The van der Waals surface area contributed by atoms with Crippen molar-refractivity contribution in [1.29, 1.82) is 0 Å². The summed E-state index contributed by atoms with van der Waals surface area (Å²) in [5, 5.41) is 1.78. The smallest absolute Gasteiger partial charge is 0.413 e. The molecule has 1 heterocycles. The fourth-order valence-corrected chi connectivity index (χ4v) is 4.66. The summed E-state index contributed by atoms with van der Waals surface area (Å²) in [6, 6.07) is 15.8.